The molecule has 7 heteroatoms. The Bertz CT molecular complexity index is 1030. The Balaban J connectivity index is 2.19. The van der Waals surface area contributed by atoms with E-state index in [1.54, 1.807) is 12.1 Å². The Morgan fingerprint density at radius 1 is 1.32 bits per heavy atom. The van der Waals surface area contributed by atoms with E-state index in [2.05, 4.69) is 34.6 Å². The Hall–Kier alpha value is -3.04. The van der Waals surface area contributed by atoms with Crippen LogP contribution in [0.3, 0.4) is 0 Å². The van der Waals surface area contributed by atoms with Gasteiger partial charge in [0.1, 0.15) is 29.7 Å². The maximum absolute atomic E-state index is 9.78. The predicted octanol–water partition coefficient (Wildman–Crippen LogP) is 3.63. The molecule has 0 unspecified atom stereocenters. The molecular weight excluding hydrogens is 471 g/mol. The van der Waals surface area contributed by atoms with Gasteiger partial charge in [-0.05, 0) is 53.3 Å². The molecule has 3 rings (SSSR count). The average molecular weight is 488 g/mol. The zero-order valence-corrected chi connectivity index (χ0v) is 17.2. The van der Waals surface area contributed by atoms with Gasteiger partial charge in [-0.25, -0.2) is 0 Å². The molecule has 28 heavy (non-hydrogen) atoms. The highest BCUT2D eigenvalue weighted by Gasteiger charge is 2.32. The number of aromatic hydroxyl groups is 1. The Labute approximate surface area is 176 Å². The molecule has 0 amide bonds. The second-order valence-electron chi connectivity index (χ2n) is 5.90. The van der Waals surface area contributed by atoms with Gasteiger partial charge in [0.25, 0.3) is 0 Å². The lowest BCUT2D eigenvalue weighted by Gasteiger charge is -2.27. The monoisotopic (exact) mass is 488 g/mol. The highest BCUT2D eigenvalue weighted by molar-refractivity contribution is 14.1. The van der Waals surface area contributed by atoms with Crippen molar-refractivity contribution in [2.75, 3.05) is 13.2 Å². The molecule has 1 heterocycles. The second-order valence-corrected chi connectivity index (χ2v) is 7.06. The molecule has 1 atom stereocenters. The largest absolute Gasteiger partial charge is 0.508 e. The molecule has 0 fully saturated rings. The average Bonchev–Trinajstić information content (AvgIpc) is 2.66. The van der Waals surface area contributed by atoms with Gasteiger partial charge in [0.2, 0.25) is 5.88 Å². The number of ether oxygens (including phenoxy) is 3. The van der Waals surface area contributed by atoms with Gasteiger partial charge in [-0.2, -0.15) is 5.26 Å². The summed E-state index contributed by atoms with van der Waals surface area (Å²) >= 11 is 2.14. The topological polar surface area (TPSA) is 97.7 Å². The van der Waals surface area contributed by atoms with Crippen LogP contribution in [-0.4, -0.2) is 18.3 Å². The van der Waals surface area contributed by atoms with Crippen molar-refractivity contribution in [2.45, 2.75) is 12.8 Å². The molecule has 0 bridgehead atoms. The van der Waals surface area contributed by atoms with E-state index < -0.39 is 5.92 Å². The van der Waals surface area contributed by atoms with Crippen molar-refractivity contribution in [3.8, 4) is 41.4 Å². The maximum atomic E-state index is 9.78. The van der Waals surface area contributed by atoms with Crippen LogP contribution in [0.15, 0.2) is 41.8 Å². The standard InChI is InChI=1S/C21H17IN2O4/c1-3-7-27-20-16(22)8-12(9-18(20)26-4-2)19-14-6-5-13(25)10-17(14)28-21(24)15(19)11-23/h1,5-6,8-10,19,25H,4,7,24H2,2H3/t19-/m1/s1. The predicted molar refractivity (Wildman–Crippen MR) is 112 cm³/mol. The highest BCUT2D eigenvalue weighted by atomic mass is 127. The molecule has 0 saturated heterocycles. The first-order valence-electron chi connectivity index (χ1n) is 8.43. The number of hydrogen-bond donors (Lipinski definition) is 2. The number of nitrogens with two attached hydrogens (primary N) is 1. The first-order valence-corrected chi connectivity index (χ1v) is 9.51. The molecule has 142 valence electrons. The van der Waals surface area contributed by atoms with Gasteiger partial charge in [0.15, 0.2) is 11.5 Å². The van der Waals surface area contributed by atoms with Gasteiger partial charge in [-0.3, -0.25) is 0 Å². The molecule has 1 aliphatic rings. The van der Waals surface area contributed by atoms with Crippen LogP contribution in [-0.2, 0) is 0 Å². The van der Waals surface area contributed by atoms with Crippen molar-refractivity contribution in [3.63, 3.8) is 0 Å². The zero-order chi connectivity index (χ0) is 20.3. The number of terminal acetylenes is 1. The van der Waals surface area contributed by atoms with Gasteiger partial charge < -0.3 is 25.1 Å². The fraction of sp³-hybridized carbons (Fsp3) is 0.190. The molecule has 0 aliphatic carbocycles. The van der Waals surface area contributed by atoms with Crippen LogP contribution in [0.5, 0.6) is 23.0 Å². The third-order valence-electron chi connectivity index (χ3n) is 4.17. The van der Waals surface area contributed by atoms with E-state index in [9.17, 15) is 10.4 Å². The van der Waals surface area contributed by atoms with E-state index in [0.29, 0.717) is 23.9 Å². The van der Waals surface area contributed by atoms with E-state index in [0.717, 1.165) is 14.7 Å². The second kappa shape index (κ2) is 8.32. The number of fused-ring (bicyclic) bond motifs is 1. The highest BCUT2D eigenvalue weighted by Crippen LogP contribution is 2.46. The fourth-order valence-corrected chi connectivity index (χ4v) is 3.84. The fourth-order valence-electron chi connectivity index (χ4n) is 3.06. The third-order valence-corrected chi connectivity index (χ3v) is 4.97. The minimum Gasteiger partial charge on any atom is -0.508 e. The Morgan fingerprint density at radius 2 is 2.11 bits per heavy atom. The van der Waals surface area contributed by atoms with E-state index in [4.69, 9.17) is 26.4 Å². The number of hydrogen-bond acceptors (Lipinski definition) is 6. The van der Waals surface area contributed by atoms with E-state index in [1.807, 2.05) is 19.1 Å². The molecule has 0 aromatic heterocycles. The van der Waals surface area contributed by atoms with Gasteiger partial charge in [0.05, 0.1) is 16.1 Å². The number of phenolic OH excluding ortho intramolecular Hbond substituents is 1. The van der Waals surface area contributed by atoms with Crippen molar-refractivity contribution in [1.82, 2.24) is 0 Å². The quantitative estimate of drug-likeness (QED) is 0.493. The molecule has 1 aliphatic heterocycles. The smallest absolute Gasteiger partial charge is 0.205 e. The number of rotatable bonds is 5. The van der Waals surface area contributed by atoms with Gasteiger partial charge in [-0.15, -0.1) is 6.42 Å². The van der Waals surface area contributed by atoms with Gasteiger partial charge >= 0.3 is 0 Å². The molecule has 2 aromatic carbocycles. The van der Waals surface area contributed by atoms with Crippen LogP contribution in [0.2, 0.25) is 0 Å². The molecule has 3 N–H and O–H groups in total. The third kappa shape index (κ3) is 3.67. The normalized spacial score (nSPS) is 15.1. The van der Waals surface area contributed by atoms with Crippen LogP contribution in [0.4, 0.5) is 0 Å². The zero-order valence-electron chi connectivity index (χ0n) is 15.0. The molecule has 2 aromatic rings. The van der Waals surface area contributed by atoms with Crippen molar-refractivity contribution < 1.29 is 19.3 Å². The SMILES string of the molecule is C#CCOc1c(I)cc([C@H]2C(C#N)=C(N)Oc3cc(O)ccc32)cc1OCC. The summed E-state index contributed by atoms with van der Waals surface area (Å²) in [4.78, 5) is 0. The van der Waals surface area contributed by atoms with Crippen LogP contribution < -0.4 is 19.9 Å². The summed E-state index contributed by atoms with van der Waals surface area (Å²) in [6.45, 7) is 2.42. The number of nitrogens with zero attached hydrogens (tertiary/aromatic N) is 1. The summed E-state index contributed by atoms with van der Waals surface area (Å²) in [6.07, 6.45) is 5.31. The van der Waals surface area contributed by atoms with Crippen LogP contribution in [0.25, 0.3) is 0 Å². The summed E-state index contributed by atoms with van der Waals surface area (Å²) in [6, 6.07) is 10.6. The summed E-state index contributed by atoms with van der Waals surface area (Å²) < 4.78 is 17.7. The number of phenols is 1. The summed E-state index contributed by atoms with van der Waals surface area (Å²) in [5.74, 6) is 3.52. The Kier molecular flexibility index (Phi) is 5.86. The van der Waals surface area contributed by atoms with E-state index >= 15 is 0 Å². The first-order chi connectivity index (χ1) is 13.5. The van der Waals surface area contributed by atoms with Crippen LogP contribution in [0, 0.1) is 27.2 Å². The molecular formula is C21H17IN2O4. The number of allylic oxidation sites excluding steroid dienone is 1. The minimum absolute atomic E-state index is 0.00577. The van der Waals surface area contributed by atoms with Crippen molar-refractivity contribution in [1.29, 1.82) is 5.26 Å². The molecule has 6 nitrogen and oxygen atoms in total. The summed E-state index contributed by atoms with van der Waals surface area (Å²) in [5.41, 5.74) is 7.78. The number of benzene rings is 2. The maximum Gasteiger partial charge on any atom is 0.205 e. The first kappa shape index (κ1) is 19.7. The number of nitriles is 1. The summed E-state index contributed by atoms with van der Waals surface area (Å²) in [5, 5.41) is 19.5. The van der Waals surface area contributed by atoms with Crippen molar-refractivity contribution in [3.05, 3.63) is 56.5 Å². The van der Waals surface area contributed by atoms with Gasteiger partial charge in [0, 0.05) is 11.6 Å². The van der Waals surface area contributed by atoms with Crippen molar-refractivity contribution in [2.24, 2.45) is 5.73 Å². The van der Waals surface area contributed by atoms with Crippen LogP contribution >= 0.6 is 22.6 Å². The lowest BCUT2D eigenvalue weighted by molar-refractivity contribution is 0.297. The summed E-state index contributed by atoms with van der Waals surface area (Å²) in [7, 11) is 0. The number of halogens is 1. The lowest BCUT2D eigenvalue weighted by atomic mass is 9.83. The van der Waals surface area contributed by atoms with Crippen molar-refractivity contribution >= 4 is 22.6 Å². The molecule has 0 radical (unpaired) electrons. The lowest BCUT2D eigenvalue weighted by Crippen LogP contribution is -2.21. The van der Waals surface area contributed by atoms with Crippen LogP contribution in [0.1, 0.15) is 24.0 Å². The molecule has 0 spiro atoms. The molecule has 0 saturated carbocycles. The Morgan fingerprint density at radius 3 is 2.79 bits per heavy atom. The van der Waals surface area contributed by atoms with E-state index in [1.165, 1.54) is 6.07 Å². The minimum atomic E-state index is -0.469. The van der Waals surface area contributed by atoms with Gasteiger partial charge in [-0.1, -0.05) is 12.0 Å². The van der Waals surface area contributed by atoms with E-state index in [-0.39, 0.29) is 23.8 Å².